The summed E-state index contributed by atoms with van der Waals surface area (Å²) in [6.45, 7) is 2.85. The van der Waals surface area contributed by atoms with Crippen LogP contribution in [0.5, 0.6) is 0 Å². The Kier molecular flexibility index (Phi) is 5.52. The molecule has 0 fully saturated rings. The van der Waals surface area contributed by atoms with Gasteiger partial charge >= 0.3 is 6.18 Å². The van der Waals surface area contributed by atoms with Gasteiger partial charge in [0.15, 0.2) is 4.34 Å². The van der Waals surface area contributed by atoms with Crippen LogP contribution in [-0.2, 0) is 5.75 Å². The minimum Gasteiger partial charge on any atom is -0.351 e. The van der Waals surface area contributed by atoms with Crippen LogP contribution in [0.2, 0.25) is 0 Å². The molecule has 138 valence electrons. The van der Waals surface area contributed by atoms with Gasteiger partial charge in [-0.25, -0.2) is 4.68 Å². The standard InChI is InChI=1S/C16H16F3N5S2/c1-10-7-11(2)24(23-10)13-5-3-12(4-6-13)8-25-15-22-21-14(26-15)20-9-16(17,18)19/h3-7H,8-9H2,1-2H3,(H,20,21). The van der Waals surface area contributed by atoms with Crippen LogP contribution in [0.25, 0.3) is 5.69 Å². The summed E-state index contributed by atoms with van der Waals surface area (Å²) in [5.74, 6) is 0.658. The number of benzene rings is 1. The summed E-state index contributed by atoms with van der Waals surface area (Å²) >= 11 is 2.55. The van der Waals surface area contributed by atoms with Gasteiger partial charge in [0.2, 0.25) is 5.13 Å². The number of thioether (sulfide) groups is 1. The molecule has 2 heterocycles. The Morgan fingerprint density at radius 1 is 1.15 bits per heavy atom. The van der Waals surface area contributed by atoms with E-state index < -0.39 is 12.7 Å². The van der Waals surface area contributed by atoms with Crippen molar-refractivity contribution in [2.45, 2.75) is 30.1 Å². The van der Waals surface area contributed by atoms with Gasteiger partial charge in [0.1, 0.15) is 6.54 Å². The highest BCUT2D eigenvalue weighted by Crippen LogP contribution is 2.29. The summed E-state index contributed by atoms with van der Waals surface area (Å²) in [5.41, 5.74) is 4.10. The lowest BCUT2D eigenvalue weighted by molar-refractivity contribution is -0.115. The number of nitrogens with zero attached hydrogens (tertiary/aromatic N) is 4. The molecule has 0 spiro atoms. The second-order valence-corrected chi connectivity index (χ2v) is 7.84. The first-order valence-electron chi connectivity index (χ1n) is 7.70. The van der Waals surface area contributed by atoms with Crippen molar-refractivity contribution >= 4 is 28.2 Å². The predicted octanol–water partition coefficient (Wildman–Crippen LogP) is 4.61. The van der Waals surface area contributed by atoms with Crippen molar-refractivity contribution in [3.8, 4) is 5.69 Å². The summed E-state index contributed by atoms with van der Waals surface area (Å²) in [7, 11) is 0. The van der Waals surface area contributed by atoms with Crippen LogP contribution in [0, 0.1) is 13.8 Å². The first-order chi connectivity index (χ1) is 12.3. The second kappa shape index (κ2) is 7.67. The van der Waals surface area contributed by atoms with E-state index in [-0.39, 0.29) is 5.13 Å². The molecule has 0 amide bonds. The molecule has 0 aliphatic carbocycles. The minimum atomic E-state index is -4.27. The summed E-state index contributed by atoms with van der Waals surface area (Å²) in [6, 6.07) is 10.0. The van der Waals surface area contributed by atoms with E-state index in [0.29, 0.717) is 10.1 Å². The van der Waals surface area contributed by atoms with Crippen molar-refractivity contribution in [3.05, 3.63) is 47.3 Å². The average molecular weight is 399 g/mol. The molecule has 0 saturated carbocycles. The number of hydrogen-bond acceptors (Lipinski definition) is 6. The van der Waals surface area contributed by atoms with Gasteiger partial charge in [-0.2, -0.15) is 18.3 Å². The zero-order chi connectivity index (χ0) is 18.7. The van der Waals surface area contributed by atoms with Crippen LogP contribution in [0.4, 0.5) is 18.3 Å². The number of hydrogen-bond donors (Lipinski definition) is 1. The van der Waals surface area contributed by atoms with Gasteiger partial charge in [-0.1, -0.05) is 35.2 Å². The van der Waals surface area contributed by atoms with Gasteiger partial charge in [-0.3, -0.25) is 0 Å². The zero-order valence-corrected chi connectivity index (χ0v) is 15.7. The first-order valence-corrected chi connectivity index (χ1v) is 9.50. The van der Waals surface area contributed by atoms with E-state index in [9.17, 15) is 13.2 Å². The smallest absolute Gasteiger partial charge is 0.351 e. The fourth-order valence-corrected chi connectivity index (χ4v) is 3.99. The number of rotatable bonds is 6. The molecule has 0 aliphatic heterocycles. The predicted molar refractivity (Wildman–Crippen MR) is 97.1 cm³/mol. The van der Waals surface area contributed by atoms with Crippen molar-refractivity contribution in [1.29, 1.82) is 0 Å². The largest absolute Gasteiger partial charge is 0.405 e. The van der Waals surface area contributed by atoms with E-state index in [0.717, 1.165) is 34.0 Å². The Morgan fingerprint density at radius 3 is 2.50 bits per heavy atom. The van der Waals surface area contributed by atoms with Gasteiger partial charge in [-0.15, -0.1) is 10.2 Å². The molecule has 0 radical (unpaired) electrons. The van der Waals surface area contributed by atoms with E-state index in [1.165, 1.54) is 11.8 Å². The molecular weight excluding hydrogens is 383 g/mol. The Hall–Kier alpha value is -2.07. The van der Waals surface area contributed by atoms with Crippen molar-refractivity contribution in [2.24, 2.45) is 0 Å². The molecule has 0 unspecified atom stereocenters. The van der Waals surface area contributed by atoms with Crippen molar-refractivity contribution in [2.75, 3.05) is 11.9 Å². The lowest BCUT2D eigenvalue weighted by atomic mass is 10.2. The van der Waals surface area contributed by atoms with Crippen LogP contribution in [0.1, 0.15) is 17.0 Å². The summed E-state index contributed by atoms with van der Waals surface area (Å²) in [4.78, 5) is 0. The van der Waals surface area contributed by atoms with Gasteiger partial charge in [-0.05, 0) is 37.6 Å². The summed E-state index contributed by atoms with van der Waals surface area (Å²) in [6.07, 6.45) is -4.27. The topological polar surface area (TPSA) is 55.6 Å². The summed E-state index contributed by atoms with van der Waals surface area (Å²) in [5, 5.41) is 14.5. The highest BCUT2D eigenvalue weighted by Gasteiger charge is 2.27. The molecule has 26 heavy (non-hydrogen) atoms. The lowest BCUT2D eigenvalue weighted by Gasteiger charge is -2.06. The Morgan fingerprint density at radius 2 is 1.88 bits per heavy atom. The van der Waals surface area contributed by atoms with Crippen LogP contribution in [0.15, 0.2) is 34.7 Å². The lowest BCUT2D eigenvalue weighted by Crippen LogP contribution is -2.21. The van der Waals surface area contributed by atoms with E-state index in [1.54, 1.807) is 0 Å². The Bertz CT molecular complexity index is 871. The molecule has 3 aromatic rings. The van der Waals surface area contributed by atoms with Crippen LogP contribution in [-0.4, -0.2) is 32.7 Å². The third-order valence-corrected chi connectivity index (χ3v) is 5.48. The molecule has 0 atom stereocenters. The maximum Gasteiger partial charge on any atom is 0.405 e. The van der Waals surface area contributed by atoms with Crippen molar-refractivity contribution in [1.82, 2.24) is 20.0 Å². The van der Waals surface area contributed by atoms with Gasteiger partial charge in [0, 0.05) is 11.4 Å². The second-order valence-electron chi connectivity index (χ2n) is 5.64. The molecule has 10 heteroatoms. The van der Waals surface area contributed by atoms with Gasteiger partial charge in [0.05, 0.1) is 11.4 Å². The number of anilines is 1. The molecule has 2 aromatic heterocycles. The number of nitrogens with one attached hydrogen (secondary N) is 1. The molecular formula is C16H16F3N5S2. The number of halogens is 3. The SMILES string of the molecule is Cc1cc(C)n(-c2ccc(CSc3nnc(NCC(F)(F)F)s3)cc2)n1. The monoisotopic (exact) mass is 399 g/mol. The molecule has 0 aliphatic rings. The number of aryl methyl sites for hydroxylation is 2. The number of aromatic nitrogens is 4. The highest BCUT2D eigenvalue weighted by atomic mass is 32.2. The van der Waals surface area contributed by atoms with Crippen molar-refractivity contribution < 1.29 is 13.2 Å². The maximum atomic E-state index is 12.2. The molecule has 0 saturated heterocycles. The molecule has 1 N–H and O–H groups in total. The number of alkyl halides is 3. The third-order valence-electron chi connectivity index (χ3n) is 3.40. The van der Waals surface area contributed by atoms with Crippen LogP contribution < -0.4 is 5.32 Å². The third kappa shape index (κ3) is 4.98. The first kappa shape index (κ1) is 18.7. The zero-order valence-electron chi connectivity index (χ0n) is 14.0. The van der Waals surface area contributed by atoms with E-state index in [4.69, 9.17) is 0 Å². The van der Waals surface area contributed by atoms with Gasteiger partial charge < -0.3 is 5.32 Å². The van der Waals surface area contributed by atoms with E-state index >= 15 is 0 Å². The fourth-order valence-electron chi connectivity index (χ4n) is 2.28. The van der Waals surface area contributed by atoms with Crippen LogP contribution >= 0.6 is 23.1 Å². The molecule has 0 bridgehead atoms. The fraction of sp³-hybridized carbons (Fsp3) is 0.312. The van der Waals surface area contributed by atoms with E-state index in [2.05, 4.69) is 20.6 Å². The molecule has 3 rings (SSSR count). The van der Waals surface area contributed by atoms with E-state index in [1.807, 2.05) is 48.9 Å². The normalized spacial score (nSPS) is 11.7. The van der Waals surface area contributed by atoms with Gasteiger partial charge in [0.25, 0.3) is 0 Å². The molecule has 1 aromatic carbocycles. The summed E-state index contributed by atoms with van der Waals surface area (Å²) < 4.78 is 39.1. The molecule has 5 nitrogen and oxygen atoms in total. The van der Waals surface area contributed by atoms with Crippen molar-refractivity contribution in [3.63, 3.8) is 0 Å². The quantitative estimate of drug-likeness (QED) is 0.614. The maximum absolute atomic E-state index is 12.2. The minimum absolute atomic E-state index is 0.171. The highest BCUT2D eigenvalue weighted by molar-refractivity contribution is 8.00. The Labute approximate surface area is 156 Å². The van der Waals surface area contributed by atoms with Crippen LogP contribution in [0.3, 0.4) is 0 Å². The Balaban J connectivity index is 1.57. The average Bonchev–Trinajstić information content (AvgIpc) is 3.17.